The van der Waals surface area contributed by atoms with E-state index in [2.05, 4.69) is 4.98 Å². The molecular formula is C14H11F2NO2. The molecule has 1 aromatic carbocycles. The predicted octanol–water partition coefficient (Wildman–Crippen LogP) is 2.77. The van der Waals surface area contributed by atoms with E-state index in [1.165, 1.54) is 6.20 Å². The highest BCUT2D eigenvalue weighted by atomic mass is 19.1. The van der Waals surface area contributed by atoms with Gasteiger partial charge in [0, 0.05) is 12.3 Å². The van der Waals surface area contributed by atoms with Gasteiger partial charge in [0.25, 0.3) is 0 Å². The van der Waals surface area contributed by atoms with E-state index in [1.807, 2.05) is 0 Å². The standard InChI is InChI=1S/C14H11F2NO2/c15-10-5-9(6-11(16)8-10)7-12(14(18)19)13-3-1-2-4-17-13/h1-6,8,12H,7H2,(H,18,19). The first kappa shape index (κ1) is 13.1. The van der Waals surface area contributed by atoms with Gasteiger partial charge in [0.1, 0.15) is 17.6 Å². The summed E-state index contributed by atoms with van der Waals surface area (Å²) in [6.45, 7) is 0. The molecule has 0 aliphatic carbocycles. The van der Waals surface area contributed by atoms with Gasteiger partial charge in [-0.15, -0.1) is 0 Å². The number of carbonyl (C=O) groups is 1. The summed E-state index contributed by atoms with van der Waals surface area (Å²) in [7, 11) is 0. The first-order valence-corrected chi connectivity index (χ1v) is 5.65. The lowest BCUT2D eigenvalue weighted by molar-refractivity contribution is -0.138. The normalized spacial score (nSPS) is 12.1. The van der Waals surface area contributed by atoms with E-state index in [0.717, 1.165) is 18.2 Å². The van der Waals surface area contributed by atoms with E-state index in [4.69, 9.17) is 0 Å². The van der Waals surface area contributed by atoms with Crippen LogP contribution in [-0.4, -0.2) is 16.1 Å². The lowest BCUT2D eigenvalue weighted by Crippen LogP contribution is -2.16. The smallest absolute Gasteiger partial charge is 0.312 e. The number of aromatic nitrogens is 1. The Morgan fingerprint density at radius 2 is 1.89 bits per heavy atom. The number of hydrogen-bond acceptors (Lipinski definition) is 2. The van der Waals surface area contributed by atoms with Crippen molar-refractivity contribution in [2.24, 2.45) is 0 Å². The predicted molar refractivity (Wildman–Crippen MR) is 64.7 cm³/mol. The number of rotatable bonds is 4. The minimum Gasteiger partial charge on any atom is -0.481 e. The number of hydrogen-bond donors (Lipinski definition) is 1. The van der Waals surface area contributed by atoms with Gasteiger partial charge >= 0.3 is 5.97 Å². The fraction of sp³-hybridized carbons (Fsp3) is 0.143. The van der Waals surface area contributed by atoms with Crippen LogP contribution in [0.2, 0.25) is 0 Å². The molecule has 2 aromatic rings. The molecule has 3 nitrogen and oxygen atoms in total. The summed E-state index contributed by atoms with van der Waals surface area (Å²) in [5.74, 6) is -3.45. The van der Waals surface area contributed by atoms with Crippen molar-refractivity contribution in [3.05, 3.63) is 65.5 Å². The van der Waals surface area contributed by atoms with Gasteiger partial charge in [-0.3, -0.25) is 9.78 Å². The van der Waals surface area contributed by atoms with Gasteiger partial charge in [0.2, 0.25) is 0 Å². The Morgan fingerprint density at radius 3 is 2.42 bits per heavy atom. The molecule has 0 saturated heterocycles. The van der Waals surface area contributed by atoms with Gasteiger partial charge in [0.05, 0.1) is 5.69 Å². The third-order valence-electron chi connectivity index (χ3n) is 2.71. The molecule has 0 aliphatic rings. The Morgan fingerprint density at radius 1 is 1.21 bits per heavy atom. The van der Waals surface area contributed by atoms with Gasteiger partial charge in [-0.2, -0.15) is 0 Å². The second-order valence-corrected chi connectivity index (χ2v) is 4.13. The molecule has 0 spiro atoms. The highest BCUT2D eigenvalue weighted by molar-refractivity contribution is 5.75. The molecule has 0 radical (unpaired) electrons. The number of nitrogens with zero attached hydrogens (tertiary/aromatic N) is 1. The zero-order chi connectivity index (χ0) is 13.8. The largest absolute Gasteiger partial charge is 0.481 e. The Bertz CT molecular complexity index is 567. The zero-order valence-corrected chi connectivity index (χ0v) is 9.88. The van der Waals surface area contributed by atoms with Crippen molar-refractivity contribution in [2.45, 2.75) is 12.3 Å². The molecule has 1 heterocycles. The molecule has 0 saturated carbocycles. The van der Waals surface area contributed by atoms with Crippen molar-refractivity contribution in [3.63, 3.8) is 0 Å². The first-order valence-electron chi connectivity index (χ1n) is 5.65. The molecule has 98 valence electrons. The minimum absolute atomic E-state index is 0.0129. The SMILES string of the molecule is O=C(O)C(Cc1cc(F)cc(F)c1)c1ccccn1. The van der Waals surface area contributed by atoms with E-state index >= 15 is 0 Å². The van der Waals surface area contributed by atoms with Crippen molar-refractivity contribution in [3.8, 4) is 0 Å². The maximum Gasteiger partial charge on any atom is 0.312 e. The number of benzene rings is 1. The first-order chi connectivity index (χ1) is 9.06. The van der Waals surface area contributed by atoms with E-state index in [1.54, 1.807) is 18.2 Å². The molecular weight excluding hydrogens is 252 g/mol. The van der Waals surface area contributed by atoms with Crippen molar-refractivity contribution < 1.29 is 18.7 Å². The van der Waals surface area contributed by atoms with Gasteiger partial charge in [-0.05, 0) is 36.2 Å². The van der Waals surface area contributed by atoms with Gasteiger partial charge in [-0.1, -0.05) is 6.07 Å². The highest BCUT2D eigenvalue weighted by Crippen LogP contribution is 2.20. The van der Waals surface area contributed by atoms with Crippen LogP contribution >= 0.6 is 0 Å². The van der Waals surface area contributed by atoms with Crippen LogP contribution in [0.4, 0.5) is 8.78 Å². The molecule has 1 aromatic heterocycles. The minimum atomic E-state index is -1.08. The number of pyridine rings is 1. The lowest BCUT2D eigenvalue weighted by Gasteiger charge is -2.12. The summed E-state index contributed by atoms with van der Waals surface area (Å²) >= 11 is 0. The second-order valence-electron chi connectivity index (χ2n) is 4.13. The average Bonchev–Trinajstić information content (AvgIpc) is 2.35. The van der Waals surface area contributed by atoms with Crippen LogP contribution in [0.25, 0.3) is 0 Å². The zero-order valence-electron chi connectivity index (χ0n) is 9.88. The Labute approximate surface area is 108 Å². The van der Waals surface area contributed by atoms with Crippen LogP contribution < -0.4 is 0 Å². The lowest BCUT2D eigenvalue weighted by atomic mass is 9.95. The molecule has 2 rings (SSSR count). The molecule has 1 N–H and O–H groups in total. The Hall–Kier alpha value is -2.30. The maximum absolute atomic E-state index is 13.1. The quantitative estimate of drug-likeness (QED) is 0.922. The van der Waals surface area contributed by atoms with Crippen molar-refractivity contribution in [2.75, 3.05) is 0 Å². The number of carboxylic acids is 1. The van der Waals surface area contributed by atoms with Crippen LogP contribution in [0, 0.1) is 11.6 Å². The van der Waals surface area contributed by atoms with Crippen LogP contribution in [0.15, 0.2) is 42.6 Å². The highest BCUT2D eigenvalue weighted by Gasteiger charge is 2.22. The van der Waals surface area contributed by atoms with E-state index < -0.39 is 23.5 Å². The monoisotopic (exact) mass is 263 g/mol. The van der Waals surface area contributed by atoms with Crippen LogP contribution in [0.5, 0.6) is 0 Å². The topological polar surface area (TPSA) is 50.2 Å². The molecule has 1 unspecified atom stereocenters. The summed E-state index contributed by atoms with van der Waals surface area (Å²) in [6, 6.07) is 7.92. The van der Waals surface area contributed by atoms with Crippen LogP contribution in [0.1, 0.15) is 17.2 Å². The fourth-order valence-corrected chi connectivity index (χ4v) is 1.86. The average molecular weight is 263 g/mol. The van der Waals surface area contributed by atoms with Crippen molar-refractivity contribution in [1.82, 2.24) is 4.98 Å². The van der Waals surface area contributed by atoms with E-state index in [0.29, 0.717) is 5.69 Å². The third-order valence-corrected chi connectivity index (χ3v) is 2.71. The van der Waals surface area contributed by atoms with E-state index in [9.17, 15) is 18.7 Å². The summed E-state index contributed by atoms with van der Waals surface area (Å²) in [4.78, 5) is 15.2. The van der Waals surface area contributed by atoms with Crippen LogP contribution in [-0.2, 0) is 11.2 Å². The number of carboxylic acid groups (broad SMARTS) is 1. The molecule has 0 amide bonds. The Kier molecular flexibility index (Phi) is 3.85. The van der Waals surface area contributed by atoms with Crippen LogP contribution in [0.3, 0.4) is 0 Å². The number of halogens is 2. The third kappa shape index (κ3) is 3.34. The summed E-state index contributed by atoms with van der Waals surface area (Å²) in [5, 5.41) is 9.20. The molecule has 19 heavy (non-hydrogen) atoms. The molecule has 5 heteroatoms. The molecule has 1 atom stereocenters. The fourth-order valence-electron chi connectivity index (χ4n) is 1.86. The summed E-state index contributed by atoms with van der Waals surface area (Å²) < 4.78 is 26.2. The van der Waals surface area contributed by atoms with Crippen molar-refractivity contribution >= 4 is 5.97 Å². The molecule has 0 bridgehead atoms. The van der Waals surface area contributed by atoms with E-state index in [-0.39, 0.29) is 12.0 Å². The number of aliphatic carboxylic acids is 1. The summed E-state index contributed by atoms with van der Waals surface area (Å²) in [6.07, 6.45) is 1.47. The summed E-state index contributed by atoms with van der Waals surface area (Å²) in [5.41, 5.74) is 0.648. The molecule has 0 fully saturated rings. The Balaban J connectivity index is 2.29. The van der Waals surface area contributed by atoms with Gasteiger partial charge in [-0.25, -0.2) is 8.78 Å². The molecule has 0 aliphatic heterocycles. The van der Waals surface area contributed by atoms with Gasteiger partial charge < -0.3 is 5.11 Å². The van der Waals surface area contributed by atoms with Crippen molar-refractivity contribution in [1.29, 1.82) is 0 Å². The second kappa shape index (κ2) is 5.56. The van der Waals surface area contributed by atoms with Gasteiger partial charge in [0.15, 0.2) is 0 Å². The maximum atomic E-state index is 13.1.